The van der Waals surface area contributed by atoms with Gasteiger partial charge in [0.2, 0.25) is 0 Å². The molecule has 39 heavy (non-hydrogen) atoms. The summed E-state index contributed by atoms with van der Waals surface area (Å²) >= 11 is 0. The maximum Gasteiger partial charge on any atom is -0.00203 e. The van der Waals surface area contributed by atoms with Crippen LogP contribution in [0.2, 0.25) is 0 Å². The predicted molar refractivity (Wildman–Crippen MR) is 174 cm³/mol. The van der Waals surface area contributed by atoms with Gasteiger partial charge in [-0.2, -0.15) is 0 Å². The van der Waals surface area contributed by atoms with Crippen molar-refractivity contribution in [2.24, 2.45) is 0 Å². The molecule has 5 aromatic carbocycles. The minimum absolute atomic E-state index is 1.01. The average Bonchev–Trinajstić information content (AvgIpc) is 3.00. The van der Waals surface area contributed by atoms with E-state index < -0.39 is 0 Å². The number of benzene rings is 5. The third-order valence-electron chi connectivity index (χ3n) is 7.27. The lowest BCUT2D eigenvalue weighted by molar-refractivity contribution is 1.22. The number of fused-ring (bicyclic) bond motifs is 3. The molecule has 0 saturated carbocycles. The van der Waals surface area contributed by atoms with Gasteiger partial charge in [0.25, 0.3) is 0 Å². The largest absolute Gasteiger partial charge is 0.0990 e. The highest BCUT2D eigenvalue weighted by atomic mass is 14.2. The Labute approximate surface area is 232 Å². The lowest BCUT2D eigenvalue weighted by Gasteiger charge is -2.20. The van der Waals surface area contributed by atoms with Crippen molar-refractivity contribution in [2.45, 2.75) is 20.3 Å². The molecule has 0 fully saturated rings. The predicted octanol–water partition coefficient (Wildman–Crippen LogP) is 11.5. The molecule has 0 bridgehead atoms. The Morgan fingerprint density at radius 2 is 1.15 bits per heavy atom. The van der Waals surface area contributed by atoms with E-state index in [1.165, 1.54) is 54.9 Å². The van der Waals surface area contributed by atoms with Crippen molar-refractivity contribution in [1.29, 1.82) is 0 Å². The number of hydrogen-bond acceptors (Lipinski definition) is 0. The van der Waals surface area contributed by atoms with Crippen LogP contribution >= 0.6 is 0 Å². The monoisotopic (exact) mass is 502 g/mol. The zero-order valence-corrected chi connectivity index (χ0v) is 22.8. The van der Waals surface area contributed by atoms with Crippen LogP contribution in [-0.2, 0) is 0 Å². The van der Waals surface area contributed by atoms with Gasteiger partial charge in [-0.05, 0) is 91.5 Å². The van der Waals surface area contributed by atoms with Crippen LogP contribution in [0.15, 0.2) is 147 Å². The maximum atomic E-state index is 4.06. The van der Waals surface area contributed by atoms with Gasteiger partial charge in [0.15, 0.2) is 0 Å². The van der Waals surface area contributed by atoms with Crippen LogP contribution < -0.4 is 0 Å². The SMILES string of the molecule is C=C/C=C(\C=C)c1ccc2c(-c3ccccc3)c(-c3ccccc3)c3ccc(C(/C=C\CC)=C/C)cc3c2c1. The van der Waals surface area contributed by atoms with Crippen LogP contribution in [0.4, 0.5) is 0 Å². The van der Waals surface area contributed by atoms with Crippen LogP contribution in [0.1, 0.15) is 31.4 Å². The Morgan fingerprint density at radius 3 is 1.59 bits per heavy atom. The Morgan fingerprint density at radius 1 is 0.641 bits per heavy atom. The summed E-state index contributed by atoms with van der Waals surface area (Å²) in [4.78, 5) is 0. The van der Waals surface area contributed by atoms with Gasteiger partial charge in [-0.3, -0.25) is 0 Å². The van der Waals surface area contributed by atoms with E-state index in [9.17, 15) is 0 Å². The van der Waals surface area contributed by atoms with Crippen molar-refractivity contribution in [3.8, 4) is 22.3 Å². The molecule has 0 heteroatoms. The molecular formula is C39H34. The minimum Gasteiger partial charge on any atom is -0.0990 e. The summed E-state index contributed by atoms with van der Waals surface area (Å²) in [5.41, 5.74) is 9.60. The molecule has 190 valence electrons. The summed E-state index contributed by atoms with van der Waals surface area (Å²) in [6, 6.07) is 35.3. The van der Waals surface area contributed by atoms with Crippen LogP contribution in [0.3, 0.4) is 0 Å². The fourth-order valence-corrected chi connectivity index (χ4v) is 5.42. The molecule has 0 aliphatic heterocycles. The van der Waals surface area contributed by atoms with Gasteiger partial charge in [-0.1, -0.05) is 141 Å². The van der Waals surface area contributed by atoms with Gasteiger partial charge in [0.1, 0.15) is 0 Å². The van der Waals surface area contributed by atoms with Crippen molar-refractivity contribution in [2.75, 3.05) is 0 Å². The van der Waals surface area contributed by atoms with E-state index in [-0.39, 0.29) is 0 Å². The molecule has 0 nitrogen and oxygen atoms in total. The minimum atomic E-state index is 1.01. The third-order valence-corrected chi connectivity index (χ3v) is 7.27. The molecule has 0 radical (unpaired) electrons. The normalized spacial score (nSPS) is 12.4. The average molecular weight is 503 g/mol. The first-order chi connectivity index (χ1) is 19.2. The third kappa shape index (κ3) is 5.07. The highest BCUT2D eigenvalue weighted by molar-refractivity contribution is 6.22. The first-order valence-electron chi connectivity index (χ1n) is 13.6. The van der Waals surface area contributed by atoms with E-state index in [1.54, 1.807) is 0 Å². The van der Waals surface area contributed by atoms with Crippen molar-refractivity contribution >= 4 is 32.7 Å². The lowest BCUT2D eigenvalue weighted by atomic mass is 9.83. The first kappa shape index (κ1) is 25.9. The number of rotatable bonds is 8. The summed E-state index contributed by atoms with van der Waals surface area (Å²) in [5.74, 6) is 0. The van der Waals surface area contributed by atoms with E-state index in [2.05, 4.69) is 142 Å². The van der Waals surface area contributed by atoms with Crippen molar-refractivity contribution in [1.82, 2.24) is 0 Å². The molecule has 0 saturated heterocycles. The second-order valence-corrected chi connectivity index (χ2v) is 9.62. The summed E-state index contributed by atoms with van der Waals surface area (Å²) in [6.07, 6.45) is 13.4. The van der Waals surface area contributed by atoms with Crippen molar-refractivity contribution < 1.29 is 0 Å². The maximum absolute atomic E-state index is 4.06. The Kier molecular flexibility index (Phi) is 7.85. The van der Waals surface area contributed by atoms with E-state index in [0.29, 0.717) is 0 Å². The zero-order valence-electron chi connectivity index (χ0n) is 22.8. The quantitative estimate of drug-likeness (QED) is 0.146. The highest BCUT2D eigenvalue weighted by Gasteiger charge is 2.18. The molecule has 0 N–H and O–H groups in total. The van der Waals surface area contributed by atoms with E-state index in [4.69, 9.17) is 0 Å². The summed E-state index contributed by atoms with van der Waals surface area (Å²) < 4.78 is 0. The smallest absolute Gasteiger partial charge is 0.00203 e. The molecule has 0 aliphatic carbocycles. The molecular weight excluding hydrogens is 468 g/mol. The van der Waals surface area contributed by atoms with Gasteiger partial charge in [-0.25, -0.2) is 0 Å². The summed E-state index contributed by atoms with van der Waals surface area (Å²) in [6.45, 7) is 12.3. The lowest BCUT2D eigenvalue weighted by Crippen LogP contribution is -1.94. The molecule has 0 unspecified atom stereocenters. The second-order valence-electron chi connectivity index (χ2n) is 9.62. The molecule has 5 aromatic rings. The standard InChI is InChI=1S/C39H34/c1-5-9-17-29(8-4)33-23-25-35-37(27-33)36-26-32(28(7-3)16-6-2)22-24-34(36)38(30-18-12-10-13-19-30)39(35)31-20-14-11-15-21-31/h6-27H,2-3,5H2,1,4H3/b17-9-,28-16+,29-8+. The Bertz CT molecular complexity index is 1740. The van der Waals surface area contributed by atoms with Crippen LogP contribution in [0, 0.1) is 0 Å². The molecule has 0 spiro atoms. The van der Waals surface area contributed by atoms with Gasteiger partial charge in [0, 0.05) is 0 Å². The first-order valence-corrected chi connectivity index (χ1v) is 13.6. The van der Waals surface area contributed by atoms with Crippen molar-refractivity contribution in [3.05, 3.63) is 158 Å². The second kappa shape index (κ2) is 11.8. The van der Waals surface area contributed by atoms with E-state index in [1.807, 2.05) is 18.2 Å². The number of hydrogen-bond donors (Lipinski definition) is 0. The Balaban J connectivity index is 1.97. The zero-order chi connectivity index (χ0) is 27.2. The highest BCUT2D eigenvalue weighted by Crippen LogP contribution is 2.45. The van der Waals surface area contributed by atoms with Gasteiger partial charge < -0.3 is 0 Å². The number of allylic oxidation sites excluding steroid dienone is 8. The molecule has 0 aliphatic rings. The van der Waals surface area contributed by atoms with E-state index in [0.717, 1.165) is 17.6 Å². The van der Waals surface area contributed by atoms with Crippen molar-refractivity contribution in [3.63, 3.8) is 0 Å². The molecule has 0 heterocycles. The fraction of sp³-hybridized carbons (Fsp3) is 0.0769. The molecule has 5 rings (SSSR count). The van der Waals surface area contributed by atoms with Gasteiger partial charge >= 0.3 is 0 Å². The van der Waals surface area contributed by atoms with Crippen LogP contribution in [-0.4, -0.2) is 0 Å². The summed E-state index contributed by atoms with van der Waals surface area (Å²) in [7, 11) is 0. The molecule has 0 atom stereocenters. The topological polar surface area (TPSA) is 0 Å². The fourth-order valence-electron chi connectivity index (χ4n) is 5.42. The van der Waals surface area contributed by atoms with Gasteiger partial charge in [0.05, 0.1) is 0 Å². The summed E-state index contributed by atoms with van der Waals surface area (Å²) in [5, 5.41) is 4.96. The van der Waals surface area contributed by atoms with Crippen LogP contribution in [0.25, 0.3) is 54.9 Å². The van der Waals surface area contributed by atoms with E-state index >= 15 is 0 Å². The Hall–Kier alpha value is -4.68. The van der Waals surface area contributed by atoms with Crippen LogP contribution in [0.5, 0.6) is 0 Å². The molecule has 0 aromatic heterocycles. The van der Waals surface area contributed by atoms with Gasteiger partial charge in [-0.15, -0.1) is 0 Å². The molecule has 0 amide bonds.